The van der Waals surface area contributed by atoms with Gasteiger partial charge in [0.05, 0.1) is 5.56 Å². The standard InChI is InChI=1S/C8H7N5O/c1-13-4-5(3-9)2-6(13)7-11-8(10)12-14-7/h2,4H,1H3,(H2,10,12). The molecule has 0 atom stereocenters. The summed E-state index contributed by atoms with van der Waals surface area (Å²) in [5, 5.41) is 12.1. The summed E-state index contributed by atoms with van der Waals surface area (Å²) in [6.07, 6.45) is 1.68. The number of nitrogen functional groups attached to an aromatic ring is 1. The summed E-state index contributed by atoms with van der Waals surface area (Å²) in [6, 6.07) is 3.68. The Labute approximate surface area is 79.6 Å². The van der Waals surface area contributed by atoms with Crippen LogP contribution in [0.3, 0.4) is 0 Å². The number of hydrogen-bond acceptors (Lipinski definition) is 5. The van der Waals surface area contributed by atoms with Crippen LogP contribution in [-0.4, -0.2) is 14.7 Å². The van der Waals surface area contributed by atoms with Gasteiger partial charge < -0.3 is 14.8 Å². The van der Waals surface area contributed by atoms with Crippen molar-refractivity contribution in [3.05, 3.63) is 17.8 Å². The molecule has 70 valence electrons. The van der Waals surface area contributed by atoms with Crippen LogP contribution in [-0.2, 0) is 7.05 Å². The van der Waals surface area contributed by atoms with Gasteiger partial charge in [0.15, 0.2) is 0 Å². The van der Waals surface area contributed by atoms with Crippen LogP contribution in [0.25, 0.3) is 11.6 Å². The molecule has 0 unspecified atom stereocenters. The fourth-order valence-electron chi connectivity index (χ4n) is 1.18. The first-order chi connectivity index (χ1) is 6.70. The van der Waals surface area contributed by atoms with E-state index in [9.17, 15) is 0 Å². The maximum absolute atomic E-state index is 8.67. The van der Waals surface area contributed by atoms with Crippen molar-refractivity contribution < 1.29 is 4.52 Å². The monoisotopic (exact) mass is 189 g/mol. The van der Waals surface area contributed by atoms with Gasteiger partial charge in [0.1, 0.15) is 11.8 Å². The molecule has 0 saturated heterocycles. The Balaban J connectivity index is 2.52. The first kappa shape index (κ1) is 8.31. The van der Waals surface area contributed by atoms with Gasteiger partial charge in [-0.25, -0.2) is 0 Å². The maximum Gasteiger partial charge on any atom is 0.276 e. The van der Waals surface area contributed by atoms with Crippen LogP contribution >= 0.6 is 0 Å². The third kappa shape index (κ3) is 1.21. The summed E-state index contributed by atoms with van der Waals surface area (Å²) in [4.78, 5) is 3.86. The molecule has 6 nitrogen and oxygen atoms in total. The van der Waals surface area contributed by atoms with E-state index in [1.165, 1.54) is 0 Å². The summed E-state index contributed by atoms with van der Waals surface area (Å²) in [6.45, 7) is 0. The van der Waals surface area contributed by atoms with E-state index < -0.39 is 0 Å². The van der Waals surface area contributed by atoms with Crippen molar-refractivity contribution in [1.82, 2.24) is 14.7 Å². The molecule has 0 aliphatic rings. The largest absolute Gasteiger partial charge is 0.365 e. The Kier molecular flexibility index (Phi) is 1.71. The van der Waals surface area contributed by atoms with Crippen LogP contribution in [0.4, 0.5) is 5.95 Å². The first-order valence-electron chi connectivity index (χ1n) is 3.86. The van der Waals surface area contributed by atoms with Crippen LogP contribution in [0, 0.1) is 11.3 Å². The molecule has 0 saturated carbocycles. The van der Waals surface area contributed by atoms with Crippen LogP contribution in [0.15, 0.2) is 16.8 Å². The second-order valence-electron chi connectivity index (χ2n) is 2.79. The molecule has 0 fully saturated rings. The summed E-state index contributed by atoms with van der Waals surface area (Å²) in [7, 11) is 1.79. The van der Waals surface area contributed by atoms with E-state index in [0.717, 1.165) is 0 Å². The van der Waals surface area contributed by atoms with Gasteiger partial charge in [-0.05, 0) is 11.2 Å². The maximum atomic E-state index is 8.67. The predicted molar refractivity (Wildman–Crippen MR) is 47.8 cm³/mol. The van der Waals surface area contributed by atoms with Crippen molar-refractivity contribution in [1.29, 1.82) is 5.26 Å². The fraction of sp³-hybridized carbons (Fsp3) is 0.125. The smallest absolute Gasteiger partial charge is 0.276 e. The number of aromatic nitrogens is 3. The number of nitrogens with two attached hydrogens (primary N) is 1. The van der Waals surface area contributed by atoms with Crippen LogP contribution in [0.5, 0.6) is 0 Å². The van der Waals surface area contributed by atoms with Gasteiger partial charge in [-0.1, -0.05) is 0 Å². The molecule has 0 amide bonds. The van der Waals surface area contributed by atoms with Crippen molar-refractivity contribution in [3.8, 4) is 17.7 Å². The average molecular weight is 189 g/mol. The van der Waals surface area contributed by atoms with E-state index in [4.69, 9.17) is 15.5 Å². The fourth-order valence-corrected chi connectivity index (χ4v) is 1.18. The van der Waals surface area contributed by atoms with E-state index in [2.05, 4.69) is 10.1 Å². The highest BCUT2D eigenvalue weighted by atomic mass is 16.5. The van der Waals surface area contributed by atoms with Crippen molar-refractivity contribution in [2.45, 2.75) is 0 Å². The van der Waals surface area contributed by atoms with Crippen molar-refractivity contribution in [2.24, 2.45) is 7.05 Å². The molecule has 2 aromatic heterocycles. The van der Waals surface area contributed by atoms with Crippen molar-refractivity contribution >= 4 is 5.95 Å². The molecule has 0 bridgehead atoms. The molecule has 14 heavy (non-hydrogen) atoms. The van der Waals surface area contributed by atoms with Gasteiger partial charge in [-0.15, -0.1) is 0 Å². The number of nitriles is 1. The number of aryl methyl sites for hydroxylation is 1. The van der Waals surface area contributed by atoms with Crippen molar-refractivity contribution in [2.75, 3.05) is 5.73 Å². The molecule has 2 heterocycles. The Morgan fingerprint density at radius 3 is 2.93 bits per heavy atom. The highest BCUT2D eigenvalue weighted by Gasteiger charge is 2.11. The molecular weight excluding hydrogens is 182 g/mol. The summed E-state index contributed by atoms with van der Waals surface area (Å²) in [5.74, 6) is 0.395. The Hall–Kier alpha value is -2.29. The average Bonchev–Trinajstić information content (AvgIpc) is 2.71. The summed E-state index contributed by atoms with van der Waals surface area (Å²) in [5.41, 5.74) is 6.53. The second kappa shape index (κ2) is 2.88. The molecule has 0 radical (unpaired) electrons. The van der Waals surface area contributed by atoms with Gasteiger partial charge in [-0.2, -0.15) is 10.2 Å². The molecule has 0 spiro atoms. The molecule has 2 N–H and O–H groups in total. The Morgan fingerprint density at radius 1 is 1.64 bits per heavy atom. The highest BCUT2D eigenvalue weighted by molar-refractivity contribution is 5.53. The normalized spacial score (nSPS) is 10.0. The molecule has 2 aromatic rings. The molecule has 2 rings (SSSR count). The van der Waals surface area contributed by atoms with E-state index in [1.54, 1.807) is 23.9 Å². The van der Waals surface area contributed by atoms with Crippen molar-refractivity contribution in [3.63, 3.8) is 0 Å². The molecule has 6 heteroatoms. The quantitative estimate of drug-likeness (QED) is 0.706. The summed E-state index contributed by atoms with van der Waals surface area (Å²) < 4.78 is 6.60. The third-order valence-corrected chi connectivity index (χ3v) is 1.79. The lowest BCUT2D eigenvalue weighted by atomic mass is 10.3. The minimum Gasteiger partial charge on any atom is -0.365 e. The number of hydrogen-bond donors (Lipinski definition) is 1. The van der Waals surface area contributed by atoms with E-state index >= 15 is 0 Å². The zero-order valence-corrected chi connectivity index (χ0v) is 7.43. The minimum atomic E-state index is 0.0831. The Morgan fingerprint density at radius 2 is 2.43 bits per heavy atom. The molecule has 0 aliphatic carbocycles. The van der Waals surface area contributed by atoms with Gasteiger partial charge in [-0.3, -0.25) is 0 Å². The Bertz CT molecular complexity index is 504. The predicted octanol–water partition coefficient (Wildman–Crippen LogP) is 0.529. The lowest BCUT2D eigenvalue weighted by Gasteiger charge is -1.93. The van der Waals surface area contributed by atoms with E-state index in [-0.39, 0.29) is 5.95 Å². The van der Waals surface area contributed by atoms with Gasteiger partial charge in [0, 0.05) is 13.2 Å². The number of nitrogens with zero attached hydrogens (tertiary/aromatic N) is 4. The summed E-state index contributed by atoms with van der Waals surface area (Å²) >= 11 is 0. The lowest BCUT2D eigenvalue weighted by molar-refractivity contribution is 0.430. The third-order valence-electron chi connectivity index (χ3n) is 1.79. The second-order valence-corrected chi connectivity index (χ2v) is 2.79. The zero-order valence-electron chi connectivity index (χ0n) is 7.43. The molecular formula is C8H7N5O. The van der Waals surface area contributed by atoms with Gasteiger partial charge >= 0.3 is 0 Å². The van der Waals surface area contributed by atoms with Gasteiger partial charge in [0.2, 0.25) is 0 Å². The van der Waals surface area contributed by atoms with Crippen LogP contribution < -0.4 is 5.73 Å². The topological polar surface area (TPSA) is 93.7 Å². The van der Waals surface area contributed by atoms with Gasteiger partial charge in [0.25, 0.3) is 11.8 Å². The van der Waals surface area contributed by atoms with E-state index in [1.807, 2.05) is 6.07 Å². The number of rotatable bonds is 1. The first-order valence-corrected chi connectivity index (χ1v) is 3.86. The van der Waals surface area contributed by atoms with E-state index in [0.29, 0.717) is 17.1 Å². The van der Waals surface area contributed by atoms with Crippen LogP contribution in [0.2, 0.25) is 0 Å². The lowest BCUT2D eigenvalue weighted by Crippen LogP contribution is -1.90. The SMILES string of the molecule is Cn1cc(C#N)cc1-c1nc(N)no1. The zero-order chi connectivity index (χ0) is 10.1. The molecule has 0 aliphatic heterocycles. The number of anilines is 1. The minimum absolute atomic E-state index is 0.0831. The van der Waals surface area contributed by atoms with Crippen LogP contribution in [0.1, 0.15) is 5.56 Å². The molecule has 0 aromatic carbocycles. The highest BCUT2D eigenvalue weighted by Crippen LogP contribution is 2.19.